The first-order valence-electron chi connectivity index (χ1n) is 8.05. The van der Waals surface area contributed by atoms with Gasteiger partial charge in [-0.3, -0.25) is 0 Å². The molecule has 0 aliphatic carbocycles. The zero-order chi connectivity index (χ0) is 21.0. The molecule has 1 N–H and O–H groups in total. The Morgan fingerprint density at radius 1 is 1.26 bits per heavy atom. The van der Waals surface area contributed by atoms with Gasteiger partial charge in [0.2, 0.25) is 0 Å². The molecule has 1 aromatic rings. The Balaban J connectivity index is 3.54. The van der Waals surface area contributed by atoms with E-state index >= 15 is 0 Å². The highest BCUT2D eigenvalue weighted by Gasteiger charge is 2.45. The van der Waals surface area contributed by atoms with Crippen molar-refractivity contribution in [3.8, 4) is 0 Å². The Morgan fingerprint density at radius 3 is 2.26 bits per heavy atom. The summed E-state index contributed by atoms with van der Waals surface area (Å²) in [5, 5.41) is 4.51. The first-order valence-corrected chi connectivity index (χ1v) is 9.99. The predicted molar refractivity (Wildman–Crippen MR) is 105 cm³/mol. The lowest BCUT2D eigenvalue weighted by atomic mass is 9.86. The van der Waals surface area contributed by atoms with Crippen molar-refractivity contribution in [2.75, 3.05) is 20.8 Å². The molecule has 0 saturated carbocycles. The zero-order valence-electron chi connectivity index (χ0n) is 15.8. The highest BCUT2D eigenvalue weighted by Crippen LogP contribution is 2.34. The third-order valence-electron chi connectivity index (χ3n) is 3.57. The van der Waals surface area contributed by atoms with Crippen molar-refractivity contribution in [3.63, 3.8) is 0 Å². The molecule has 2 unspecified atom stereocenters. The largest absolute Gasteiger partial charge is 0.431 e. The third kappa shape index (κ3) is 6.83. The molecule has 2 atom stereocenters. The van der Waals surface area contributed by atoms with Crippen LogP contribution in [0, 0.1) is 0 Å². The lowest BCUT2D eigenvalue weighted by molar-refractivity contribution is -0.0630. The van der Waals surface area contributed by atoms with Crippen LogP contribution in [0.15, 0.2) is 33.8 Å². The monoisotopic (exact) mass is 473 g/mol. The van der Waals surface area contributed by atoms with Crippen molar-refractivity contribution in [1.29, 1.82) is 0 Å². The van der Waals surface area contributed by atoms with Gasteiger partial charge in [0.15, 0.2) is 0 Å². The van der Waals surface area contributed by atoms with E-state index < -0.39 is 46.3 Å². The first kappa shape index (κ1) is 24.0. The molecule has 0 spiro atoms. The fraction of sp³-hybridized carbons (Fsp3) is 0.588. The van der Waals surface area contributed by atoms with Crippen molar-refractivity contribution in [2.45, 2.75) is 43.7 Å². The van der Waals surface area contributed by atoms with E-state index in [-0.39, 0.29) is 5.56 Å². The van der Waals surface area contributed by atoms with Crippen LogP contribution in [0.3, 0.4) is 0 Å². The van der Waals surface area contributed by atoms with Crippen LogP contribution in [-0.4, -0.2) is 46.6 Å². The van der Waals surface area contributed by atoms with Gasteiger partial charge in [-0.25, -0.2) is 13.3 Å². The van der Waals surface area contributed by atoms with Gasteiger partial charge in [-0.05, 0) is 38.5 Å². The van der Waals surface area contributed by atoms with Crippen LogP contribution in [0.5, 0.6) is 0 Å². The fourth-order valence-corrected chi connectivity index (χ4v) is 3.49. The van der Waals surface area contributed by atoms with Gasteiger partial charge < -0.3 is 5.01 Å². The van der Waals surface area contributed by atoms with Gasteiger partial charge in [-0.1, -0.05) is 28.1 Å². The van der Waals surface area contributed by atoms with E-state index in [4.69, 9.17) is 0 Å². The van der Waals surface area contributed by atoms with E-state index in [1.807, 2.05) is 0 Å². The minimum atomic E-state index is -4.76. The van der Waals surface area contributed by atoms with Gasteiger partial charge in [-0.15, -0.1) is 0 Å². The van der Waals surface area contributed by atoms with Crippen LogP contribution in [0.4, 0.5) is 17.6 Å². The number of hydrazone groups is 1. The Kier molecular flexibility index (Phi) is 8.01. The first-order chi connectivity index (χ1) is 12.2. The smallest absolute Gasteiger partial charge is 0.303 e. The van der Waals surface area contributed by atoms with E-state index in [0.717, 1.165) is 5.01 Å². The number of hydrogen-bond acceptors (Lipinski definition) is 3. The summed E-state index contributed by atoms with van der Waals surface area (Å²) >= 11 is 3.25. The minimum absolute atomic E-state index is 0.243. The summed E-state index contributed by atoms with van der Waals surface area (Å²) in [6, 6.07) is 6.27. The second kappa shape index (κ2) is 9.00. The number of nitrogens with one attached hydrogen (secondary N) is 1. The molecule has 0 aromatic heterocycles. The van der Waals surface area contributed by atoms with Crippen LogP contribution < -0.4 is 4.72 Å². The van der Waals surface area contributed by atoms with Crippen LogP contribution in [0.1, 0.15) is 32.8 Å². The van der Waals surface area contributed by atoms with Gasteiger partial charge in [0.25, 0.3) is 0 Å². The van der Waals surface area contributed by atoms with Crippen LogP contribution >= 0.6 is 15.9 Å². The molecule has 154 valence electrons. The maximum absolute atomic E-state index is 14.3. The third-order valence-corrected chi connectivity index (χ3v) is 5.75. The van der Waals surface area contributed by atoms with Gasteiger partial charge in [0.1, 0.15) is 12.4 Å². The molecule has 27 heavy (non-hydrogen) atoms. The normalized spacial score (nSPS) is 16.7. The summed E-state index contributed by atoms with van der Waals surface area (Å²) in [5.41, 5.74) is -2.78. The summed E-state index contributed by atoms with van der Waals surface area (Å²) in [4.78, 5) is 0. The number of alkyl halides is 4. The van der Waals surface area contributed by atoms with Crippen molar-refractivity contribution >= 4 is 32.6 Å². The Morgan fingerprint density at radius 2 is 1.85 bits per heavy atom. The maximum atomic E-state index is 14.3. The molecule has 0 fully saturated rings. The molecule has 1 rings (SSSR count). The Hall–Kier alpha value is -1.00. The van der Waals surface area contributed by atoms with E-state index in [0.29, 0.717) is 4.47 Å². The number of halogens is 5. The molecule has 10 heteroatoms. The van der Waals surface area contributed by atoms with E-state index in [9.17, 15) is 21.8 Å². The van der Waals surface area contributed by atoms with Crippen molar-refractivity contribution in [3.05, 3.63) is 34.3 Å². The minimum Gasteiger partial charge on any atom is -0.303 e. The van der Waals surface area contributed by atoms with E-state index in [1.165, 1.54) is 26.2 Å². The van der Waals surface area contributed by atoms with Crippen LogP contribution in [-0.2, 0) is 16.5 Å². The average molecular weight is 474 g/mol. The topological polar surface area (TPSA) is 44.7 Å². The lowest BCUT2D eigenvalue weighted by Gasteiger charge is -2.35. The molecule has 4 nitrogen and oxygen atoms in total. The highest BCUT2D eigenvalue weighted by molar-refractivity contribution is 9.10. The van der Waals surface area contributed by atoms with Crippen LogP contribution in [0.25, 0.3) is 0 Å². The van der Waals surface area contributed by atoms with Crippen molar-refractivity contribution in [2.24, 2.45) is 5.10 Å². The second-order valence-electron chi connectivity index (χ2n) is 7.28. The van der Waals surface area contributed by atoms with Gasteiger partial charge in [0, 0.05) is 25.0 Å². The standard InChI is InChI=1S/C17H24BrF4N3OS/c1-15(2,3)27(26)24-16(11-19,12-7-6-8-13(18)9-12)10-14(17(20,21)22)23-25(4)5/h6-9,24H,10-11H2,1-5H3/b23-14+. The molecule has 0 saturated heterocycles. The molecule has 0 bridgehead atoms. The Bertz CT molecular complexity index is 704. The number of rotatable bonds is 7. The predicted octanol–water partition coefficient (Wildman–Crippen LogP) is 4.54. The Labute approximate surface area is 168 Å². The summed E-state index contributed by atoms with van der Waals surface area (Å²) in [6.07, 6.45) is -5.58. The molecule has 0 radical (unpaired) electrons. The fourth-order valence-electron chi connectivity index (χ4n) is 2.18. The molecule has 1 aromatic carbocycles. The lowest BCUT2D eigenvalue weighted by Crippen LogP contribution is -2.52. The molecule has 0 aliphatic heterocycles. The van der Waals surface area contributed by atoms with Crippen LogP contribution in [0.2, 0.25) is 0 Å². The number of nitrogens with zero attached hydrogens (tertiary/aromatic N) is 2. The van der Waals surface area contributed by atoms with Gasteiger partial charge in [0.05, 0.1) is 21.3 Å². The zero-order valence-corrected chi connectivity index (χ0v) is 18.2. The summed E-state index contributed by atoms with van der Waals surface area (Å²) < 4.78 is 69.9. The number of benzene rings is 1. The van der Waals surface area contributed by atoms with E-state index in [1.54, 1.807) is 32.9 Å². The number of hydrogen-bond donors (Lipinski definition) is 1. The molecule has 0 amide bonds. The van der Waals surface area contributed by atoms with E-state index in [2.05, 4.69) is 25.8 Å². The van der Waals surface area contributed by atoms with Crippen molar-refractivity contribution in [1.82, 2.24) is 9.73 Å². The summed E-state index contributed by atoms with van der Waals surface area (Å²) in [7, 11) is 0.889. The second-order valence-corrected chi connectivity index (χ2v) is 10.2. The molecular formula is C17H24BrF4N3OS. The maximum Gasteiger partial charge on any atom is 0.431 e. The molecule has 0 aliphatic rings. The average Bonchev–Trinajstić information content (AvgIpc) is 2.51. The van der Waals surface area contributed by atoms with Crippen molar-refractivity contribution < 1.29 is 21.8 Å². The molecular weight excluding hydrogens is 450 g/mol. The summed E-state index contributed by atoms with van der Waals surface area (Å²) in [5.74, 6) is 0. The van der Waals surface area contributed by atoms with Gasteiger partial charge >= 0.3 is 6.18 Å². The SMILES string of the molecule is CN(C)/N=C(\CC(CF)(NS(=O)C(C)(C)C)c1cccc(Br)c1)C(F)(F)F. The molecule has 0 heterocycles. The summed E-state index contributed by atoms with van der Waals surface area (Å²) in [6.45, 7) is 3.75. The quantitative estimate of drug-likeness (QED) is 0.359. The highest BCUT2D eigenvalue weighted by atomic mass is 79.9. The van der Waals surface area contributed by atoms with Gasteiger partial charge in [-0.2, -0.15) is 18.3 Å².